The molecule has 1 aliphatic rings. The van der Waals surface area contributed by atoms with E-state index in [0.717, 1.165) is 31.7 Å². The number of hydrogen-bond acceptors (Lipinski definition) is 3. The normalized spacial score (nSPS) is 18.0. The van der Waals surface area contributed by atoms with Crippen molar-refractivity contribution in [2.24, 2.45) is 0 Å². The molecule has 0 bridgehead atoms. The van der Waals surface area contributed by atoms with Crippen LogP contribution in [0.15, 0.2) is 36.4 Å². The van der Waals surface area contributed by atoms with E-state index in [4.69, 9.17) is 0 Å². The average Bonchev–Trinajstić information content (AvgIpc) is 2.70. The first-order valence-corrected chi connectivity index (χ1v) is 10.2. The maximum atomic E-state index is 13.5. The fraction of sp³-hybridized carbons (Fsp3) is 0.435. The molecule has 0 saturated carbocycles. The highest BCUT2D eigenvalue weighted by Gasteiger charge is 2.24. The molecule has 3 N–H and O–H groups in total. The maximum absolute atomic E-state index is 13.5. The number of aryl methyl sites for hydroxylation is 2. The Bertz CT molecular complexity index is 823. The SMILES string of the molecule is CCc1ccc2c(c1)[C@@H](NC[C@@H](O)[C@H](Cc1cc(F)cc(F)c1)NC=O)CCC2. The standard InChI is InChI=1S/C23H28F2N2O2/c1-2-15-6-7-17-4-3-5-21(20(17)10-15)26-13-23(29)22(27-14-28)11-16-8-18(24)12-19(25)9-16/h6-10,12,14,21-23,26,29H,2-5,11,13H2,1H3,(H,27,28)/t21-,22-,23+/m0/s1. The number of nitrogens with one attached hydrogen (secondary N) is 2. The van der Waals surface area contributed by atoms with Crippen molar-refractivity contribution in [3.05, 3.63) is 70.3 Å². The van der Waals surface area contributed by atoms with Gasteiger partial charge in [-0.15, -0.1) is 0 Å². The summed E-state index contributed by atoms with van der Waals surface area (Å²) in [5, 5.41) is 16.6. The molecule has 3 rings (SSSR count). The van der Waals surface area contributed by atoms with Gasteiger partial charge in [0.05, 0.1) is 12.1 Å². The lowest BCUT2D eigenvalue weighted by Gasteiger charge is -2.30. The zero-order valence-electron chi connectivity index (χ0n) is 16.6. The summed E-state index contributed by atoms with van der Waals surface area (Å²) in [4.78, 5) is 11.0. The Morgan fingerprint density at radius 3 is 2.62 bits per heavy atom. The van der Waals surface area contributed by atoms with Gasteiger partial charge in [0.25, 0.3) is 0 Å². The van der Waals surface area contributed by atoms with Gasteiger partial charge in [0.1, 0.15) is 11.6 Å². The van der Waals surface area contributed by atoms with E-state index in [2.05, 4.69) is 35.8 Å². The van der Waals surface area contributed by atoms with Crippen molar-refractivity contribution >= 4 is 6.41 Å². The quantitative estimate of drug-likeness (QED) is 0.565. The largest absolute Gasteiger partial charge is 0.390 e. The second kappa shape index (κ2) is 9.94. The molecule has 0 saturated heterocycles. The van der Waals surface area contributed by atoms with Gasteiger partial charge in [-0.25, -0.2) is 8.78 Å². The fourth-order valence-electron chi connectivity index (χ4n) is 4.06. The molecule has 0 unspecified atom stereocenters. The molecule has 0 spiro atoms. The van der Waals surface area contributed by atoms with Crippen molar-refractivity contribution in [1.82, 2.24) is 10.6 Å². The Hall–Kier alpha value is -2.31. The molecule has 2 aromatic rings. The van der Waals surface area contributed by atoms with Gasteiger partial charge in [0, 0.05) is 18.7 Å². The molecule has 0 fully saturated rings. The van der Waals surface area contributed by atoms with E-state index < -0.39 is 23.8 Å². The summed E-state index contributed by atoms with van der Waals surface area (Å²) in [5.74, 6) is -1.36. The Morgan fingerprint density at radius 1 is 1.17 bits per heavy atom. The lowest BCUT2D eigenvalue weighted by Crippen LogP contribution is -2.46. The zero-order chi connectivity index (χ0) is 20.8. The molecule has 156 valence electrons. The minimum absolute atomic E-state index is 0.136. The van der Waals surface area contributed by atoms with Crippen LogP contribution in [0.4, 0.5) is 8.78 Å². The van der Waals surface area contributed by atoms with Crippen LogP contribution in [0.2, 0.25) is 0 Å². The van der Waals surface area contributed by atoms with Gasteiger partial charge in [-0.3, -0.25) is 4.79 Å². The van der Waals surface area contributed by atoms with Crippen LogP contribution in [-0.4, -0.2) is 30.2 Å². The minimum Gasteiger partial charge on any atom is -0.390 e. The minimum atomic E-state index is -0.897. The summed E-state index contributed by atoms with van der Waals surface area (Å²) in [6.45, 7) is 2.39. The summed E-state index contributed by atoms with van der Waals surface area (Å²) in [6, 6.07) is 9.31. The highest BCUT2D eigenvalue weighted by molar-refractivity contribution is 5.47. The number of benzene rings is 2. The van der Waals surface area contributed by atoms with Crippen molar-refractivity contribution < 1.29 is 18.7 Å². The molecule has 6 heteroatoms. The summed E-state index contributed by atoms with van der Waals surface area (Å²) in [7, 11) is 0. The molecule has 0 aliphatic heterocycles. The third kappa shape index (κ3) is 5.61. The van der Waals surface area contributed by atoms with Gasteiger partial charge in [-0.2, -0.15) is 0 Å². The molecule has 3 atom stereocenters. The number of fused-ring (bicyclic) bond motifs is 1. The van der Waals surface area contributed by atoms with E-state index in [1.807, 2.05) is 0 Å². The summed E-state index contributed by atoms with van der Waals surface area (Å²) < 4.78 is 26.9. The monoisotopic (exact) mass is 402 g/mol. The lowest BCUT2D eigenvalue weighted by molar-refractivity contribution is -0.110. The van der Waals surface area contributed by atoms with Crippen molar-refractivity contribution in [2.45, 2.75) is 57.2 Å². The molecule has 0 aromatic heterocycles. The molecule has 1 aliphatic carbocycles. The first kappa shape index (κ1) is 21.4. The van der Waals surface area contributed by atoms with E-state index in [0.29, 0.717) is 12.0 Å². The van der Waals surface area contributed by atoms with Gasteiger partial charge in [0.15, 0.2) is 0 Å². The third-order valence-corrected chi connectivity index (χ3v) is 5.63. The van der Waals surface area contributed by atoms with E-state index in [1.165, 1.54) is 28.8 Å². The molecule has 0 heterocycles. The van der Waals surface area contributed by atoms with Crippen molar-refractivity contribution in [2.75, 3.05) is 6.54 Å². The van der Waals surface area contributed by atoms with E-state index >= 15 is 0 Å². The maximum Gasteiger partial charge on any atom is 0.207 e. The van der Waals surface area contributed by atoms with Crippen molar-refractivity contribution in [1.29, 1.82) is 0 Å². The predicted molar refractivity (Wildman–Crippen MR) is 109 cm³/mol. The Labute approximate surface area is 170 Å². The summed E-state index contributed by atoms with van der Waals surface area (Å²) >= 11 is 0. The van der Waals surface area contributed by atoms with Gasteiger partial charge in [0.2, 0.25) is 6.41 Å². The number of halogens is 2. The van der Waals surface area contributed by atoms with Crippen LogP contribution >= 0.6 is 0 Å². The van der Waals surface area contributed by atoms with Crippen LogP contribution in [0.1, 0.15) is 48.1 Å². The number of aliphatic hydroxyl groups is 1. The Kier molecular flexibility index (Phi) is 7.34. The molecule has 29 heavy (non-hydrogen) atoms. The Morgan fingerprint density at radius 2 is 1.93 bits per heavy atom. The van der Waals surface area contributed by atoms with Crippen molar-refractivity contribution in [3.8, 4) is 0 Å². The number of carbonyl (C=O) groups is 1. The zero-order valence-corrected chi connectivity index (χ0v) is 16.6. The summed E-state index contributed by atoms with van der Waals surface area (Å²) in [5.41, 5.74) is 4.27. The third-order valence-electron chi connectivity index (χ3n) is 5.63. The average molecular weight is 402 g/mol. The van der Waals surface area contributed by atoms with E-state index in [-0.39, 0.29) is 19.0 Å². The van der Waals surface area contributed by atoms with Crippen LogP contribution in [0, 0.1) is 11.6 Å². The van der Waals surface area contributed by atoms with Crippen molar-refractivity contribution in [3.63, 3.8) is 0 Å². The smallest absolute Gasteiger partial charge is 0.207 e. The van der Waals surface area contributed by atoms with Crippen LogP contribution < -0.4 is 10.6 Å². The first-order valence-electron chi connectivity index (χ1n) is 10.2. The van der Waals surface area contributed by atoms with Gasteiger partial charge < -0.3 is 15.7 Å². The Balaban J connectivity index is 1.66. The second-order valence-electron chi connectivity index (χ2n) is 7.68. The van der Waals surface area contributed by atoms with E-state index in [9.17, 15) is 18.7 Å². The summed E-state index contributed by atoms with van der Waals surface area (Å²) in [6.07, 6.45) is 3.83. The van der Waals surface area contributed by atoms with Crippen LogP contribution in [0.25, 0.3) is 0 Å². The van der Waals surface area contributed by atoms with Crippen LogP contribution in [0.3, 0.4) is 0 Å². The molecule has 4 nitrogen and oxygen atoms in total. The molecular weight excluding hydrogens is 374 g/mol. The van der Waals surface area contributed by atoms with Gasteiger partial charge in [-0.05, 0) is 66.5 Å². The lowest BCUT2D eigenvalue weighted by atomic mass is 9.86. The number of rotatable bonds is 9. The highest BCUT2D eigenvalue weighted by Crippen LogP contribution is 2.30. The molecule has 0 radical (unpaired) electrons. The molecular formula is C23H28F2N2O2. The van der Waals surface area contributed by atoms with Crippen LogP contribution in [-0.2, 0) is 24.1 Å². The second-order valence-corrected chi connectivity index (χ2v) is 7.68. The molecule has 1 amide bonds. The predicted octanol–water partition coefficient (Wildman–Crippen LogP) is 3.21. The topological polar surface area (TPSA) is 61.4 Å². The first-order chi connectivity index (χ1) is 14.0. The number of aliphatic hydroxyl groups excluding tert-OH is 1. The fourth-order valence-corrected chi connectivity index (χ4v) is 4.06. The number of amides is 1. The number of hydrogen-bond donors (Lipinski definition) is 3. The molecule has 2 aromatic carbocycles. The highest BCUT2D eigenvalue weighted by atomic mass is 19.1. The van der Waals surface area contributed by atoms with E-state index in [1.54, 1.807) is 0 Å². The van der Waals surface area contributed by atoms with Crippen LogP contribution in [0.5, 0.6) is 0 Å². The van der Waals surface area contributed by atoms with Gasteiger partial charge in [-0.1, -0.05) is 25.1 Å². The number of carbonyl (C=O) groups excluding carboxylic acids is 1. The van der Waals surface area contributed by atoms with Gasteiger partial charge >= 0.3 is 0 Å².